The lowest BCUT2D eigenvalue weighted by atomic mass is 10.1. The maximum absolute atomic E-state index is 12.8. The Bertz CT molecular complexity index is 905. The van der Waals surface area contributed by atoms with Crippen LogP contribution in [0.5, 0.6) is 0 Å². The molecule has 2 aromatic carbocycles. The molecule has 5 nitrogen and oxygen atoms in total. The molecule has 0 fully saturated rings. The summed E-state index contributed by atoms with van der Waals surface area (Å²) in [6.45, 7) is 9.54. The molecule has 2 rings (SSSR count). The summed E-state index contributed by atoms with van der Waals surface area (Å²) < 4.78 is 28.2. The van der Waals surface area contributed by atoms with E-state index in [1.54, 1.807) is 43.3 Å². The third-order valence-electron chi connectivity index (χ3n) is 4.41. The highest BCUT2D eigenvalue weighted by molar-refractivity contribution is 7.92. The summed E-state index contributed by atoms with van der Waals surface area (Å²) in [5.74, 6) is -0.0248. The number of carbonyl (C=O) groups excluding carboxylic acids is 1. The van der Waals surface area contributed by atoms with E-state index in [2.05, 4.69) is 10.0 Å². The predicted molar refractivity (Wildman–Crippen MR) is 105 cm³/mol. The minimum Gasteiger partial charge on any atom is -0.349 e. The van der Waals surface area contributed by atoms with Crippen molar-refractivity contribution in [2.75, 3.05) is 4.72 Å². The van der Waals surface area contributed by atoms with Crippen molar-refractivity contribution in [2.45, 2.75) is 45.6 Å². The van der Waals surface area contributed by atoms with E-state index in [4.69, 9.17) is 0 Å². The van der Waals surface area contributed by atoms with Crippen molar-refractivity contribution in [1.82, 2.24) is 5.32 Å². The first-order valence-electron chi connectivity index (χ1n) is 8.62. The number of benzene rings is 2. The maximum Gasteiger partial charge on any atom is 0.262 e. The van der Waals surface area contributed by atoms with Crippen LogP contribution >= 0.6 is 0 Å². The van der Waals surface area contributed by atoms with Gasteiger partial charge >= 0.3 is 0 Å². The molecule has 0 heterocycles. The second-order valence-corrected chi connectivity index (χ2v) is 8.58. The van der Waals surface area contributed by atoms with Crippen LogP contribution in [0.2, 0.25) is 0 Å². The van der Waals surface area contributed by atoms with Crippen molar-refractivity contribution >= 4 is 21.6 Å². The molecular formula is C20H26N2O3S. The van der Waals surface area contributed by atoms with Crippen LogP contribution in [0.25, 0.3) is 0 Å². The first-order chi connectivity index (χ1) is 12.1. The number of nitrogens with one attached hydrogen (secondary N) is 2. The van der Waals surface area contributed by atoms with Crippen LogP contribution < -0.4 is 10.0 Å². The summed E-state index contributed by atoms with van der Waals surface area (Å²) in [5, 5.41) is 2.91. The van der Waals surface area contributed by atoms with Crippen LogP contribution in [-0.2, 0) is 10.0 Å². The van der Waals surface area contributed by atoms with E-state index in [1.807, 2.05) is 33.8 Å². The number of sulfonamides is 1. The molecule has 0 aliphatic heterocycles. The Hall–Kier alpha value is -2.34. The van der Waals surface area contributed by atoms with Gasteiger partial charge in [0.1, 0.15) is 0 Å². The second kappa shape index (κ2) is 7.91. The quantitative estimate of drug-likeness (QED) is 0.806. The average Bonchev–Trinajstić information content (AvgIpc) is 2.56. The zero-order valence-corrected chi connectivity index (χ0v) is 16.6. The average molecular weight is 375 g/mol. The highest BCUT2D eigenvalue weighted by Gasteiger charge is 2.21. The number of anilines is 1. The van der Waals surface area contributed by atoms with Gasteiger partial charge in [-0.15, -0.1) is 0 Å². The lowest BCUT2D eigenvalue weighted by molar-refractivity contribution is 0.0931. The molecule has 0 saturated carbocycles. The van der Waals surface area contributed by atoms with Gasteiger partial charge in [-0.05, 0) is 56.0 Å². The zero-order chi connectivity index (χ0) is 19.5. The molecule has 0 bridgehead atoms. The lowest BCUT2D eigenvalue weighted by Crippen LogP contribution is -2.36. The van der Waals surface area contributed by atoms with Crippen molar-refractivity contribution in [1.29, 1.82) is 0 Å². The normalized spacial score (nSPS) is 12.7. The summed E-state index contributed by atoms with van der Waals surface area (Å²) in [4.78, 5) is 12.8. The highest BCUT2D eigenvalue weighted by Crippen LogP contribution is 2.23. The molecule has 6 heteroatoms. The summed E-state index contributed by atoms with van der Waals surface area (Å²) in [7, 11) is -3.80. The van der Waals surface area contributed by atoms with E-state index in [0.29, 0.717) is 11.1 Å². The Morgan fingerprint density at radius 2 is 1.65 bits per heavy atom. The van der Waals surface area contributed by atoms with Gasteiger partial charge in [-0.2, -0.15) is 0 Å². The lowest BCUT2D eigenvalue weighted by Gasteiger charge is -2.19. The Morgan fingerprint density at radius 3 is 2.31 bits per heavy atom. The van der Waals surface area contributed by atoms with Gasteiger partial charge in [0.05, 0.1) is 16.1 Å². The van der Waals surface area contributed by atoms with Gasteiger partial charge in [-0.25, -0.2) is 8.42 Å². The fraction of sp³-hybridized carbons (Fsp3) is 0.350. The SMILES string of the molecule is Cc1ccc(C)c(S(=O)(=O)Nc2ccccc2C(=O)NC(C)C(C)C)c1. The standard InChI is InChI=1S/C20H26N2O3S/c1-13(2)16(5)21-20(23)17-8-6-7-9-18(17)22-26(24,25)19-12-14(3)10-11-15(19)4/h6-13,16,22H,1-5H3,(H,21,23). The van der Waals surface area contributed by atoms with Crippen LogP contribution in [0.3, 0.4) is 0 Å². The highest BCUT2D eigenvalue weighted by atomic mass is 32.2. The smallest absolute Gasteiger partial charge is 0.262 e. The maximum atomic E-state index is 12.8. The van der Waals surface area contributed by atoms with Gasteiger partial charge in [0.2, 0.25) is 0 Å². The number of carbonyl (C=O) groups is 1. The fourth-order valence-electron chi connectivity index (χ4n) is 2.42. The van der Waals surface area contributed by atoms with Crippen molar-refractivity contribution in [2.24, 2.45) is 5.92 Å². The van der Waals surface area contributed by atoms with Crippen LogP contribution in [0.15, 0.2) is 47.4 Å². The molecule has 2 aromatic rings. The van der Waals surface area contributed by atoms with Gasteiger partial charge in [-0.3, -0.25) is 9.52 Å². The minimum atomic E-state index is -3.80. The molecule has 1 atom stereocenters. The molecule has 2 N–H and O–H groups in total. The Labute approximate surface area is 155 Å². The molecule has 0 spiro atoms. The van der Waals surface area contributed by atoms with Gasteiger partial charge in [-0.1, -0.05) is 38.1 Å². The number of hydrogen-bond acceptors (Lipinski definition) is 3. The Morgan fingerprint density at radius 1 is 1.00 bits per heavy atom. The van der Waals surface area contributed by atoms with Crippen molar-refractivity contribution in [3.63, 3.8) is 0 Å². The molecule has 140 valence electrons. The van der Waals surface area contributed by atoms with Crippen LogP contribution in [0.4, 0.5) is 5.69 Å². The molecule has 0 radical (unpaired) electrons. The monoisotopic (exact) mass is 374 g/mol. The van der Waals surface area contributed by atoms with Gasteiger partial charge in [0.25, 0.3) is 15.9 Å². The van der Waals surface area contributed by atoms with Gasteiger partial charge in [0, 0.05) is 6.04 Å². The molecule has 0 aliphatic carbocycles. The molecule has 1 amide bonds. The Kier molecular flexibility index (Phi) is 6.08. The first-order valence-corrected chi connectivity index (χ1v) is 10.1. The fourth-order valence-corrected chi connectivity index (χ4v) is 3.83. The van der Waals surface area contributed by atoms with E-state index >= 15 is 0 Å². The topological polar surface area (TPSA) is 75.3 Å². The van der Waals surface area contributed by atoms with E-state index < -0.39 is 10.0 Å². The van der Waals surface area contributed by atoms with Crippen LogP contribution in [0.1, 0.15) is 42.3 Å². The largest absolute Gasteiger partial charge is 0.349 e. The van der Waals surface area contributed by atoms with Crippen molar-refractivity contribution in [3.05, 3.63) is 59.2 Å². The van der Waals surface area contributed by atoms with Crippen LogP contribution in [-0.4, -0.2) is 20.4 Å². The van der Waals surface area contributed by atoms with Gasteiger partial charge < -0.3 is 5.32 Å². The number of rotatable bonds is 6. The first kappa shape index (κ1) is 20.0. The molecule has 0 saturated heterocycles. The molecule has 0 aromatic heterocycles. The number of amides is 1. The summed E-state index contributed by atoms with van der Waals surface area (Å²) in [6.07, 6.45) is 0. The van der Waals surface area contributed by atoms with E-state index in [1.165, 1.54) is 0 Å². The molecular weight excluding hydrogens is 348 g/mol. The summed E-state index contributed by atoms with van der Waals surface area (Å²) in [5.41, 5.74) is 2.07. The van der Waals surface area contributed by atoms with Crippen molar-refractivity contribution < 1.29 is 13.2 Å². The number of hydrogen-bond donors (Lipinski definition) is 2. The van der Waals surface area contributed by atoms with Crippen molar-refractivity contribution in [3.8, 4) is 0 Å². The third-order valence-corrected chi connectivity index (χ3v) is 5.92. The predicted octanol–water partition coefficient (Wildman–Crippen LogP) is 3.88. The molecule has 26 heavy (non-hydrogen) atoms. The van der Waals surface area contributed by atoms with E-state index in [-0.39, 0.29) is 28.4 Å². The minimum absolute atomic E-state index is 0.0221. The summed E-state index contributed by atoms with van der Waals surface area (Å²) in [6, 6.07) is 11.9. The van der Waals surface area contributed by atoms with Gasteiger partial charge in [0.15, 0.2) is 0 Å². The van der Waals surface area contributed by atoms with E-state index in [9.17, 15) is 13.2 Å². The Balaban J connectivity index is 2.35. The second-order valence-electron chi connectivity index (χ2n) is 6.93. The number of aryl methyl sites for hydroxylation is 2. The number of para-hydroxylation sites is 1. The third kappa shape index (κ3) is 4.64. The zero-order valence-electron chi connectivity index (χ0n) is 15.8. The summed E-state index contributed by atoms with van der Waals surface area (Å²) >= 11 is 0. The van der Waals surface area contributed by atoms with E-state index in [0.717, 1.165) is 5.56 Å². The molecule has 1 unspecified atom stereocenters. The molecule has 0 aliphatic rings. The van der Waals surface area contributed by atoms with Crippen LogP contribution in [0, 0.1) is 19.8 Å².